The fourth-order valence-electron chi connectivity index (χ4n) is 3.98. The van der Waals surface area contributed by atoms with Crippen LogP contribution in [0.15, 0.2) is 48.5 Å². The lowest BCUT2D eigenvalue weighted by molar-refractivity contribution is -0.137. The molecular formula is C22H23F3N2. The predicted molar refractivity (Wildman–Crippen MR) is 103 cm³/mol. The minimum Gasteiger partial charge on any atom is -0.354 e. The van der Waals surface area contributed by atoms with Gasteiger partial charge in [-0.1, -0.05) is 36.8 Å². The van der Waals surface area contributed by atoms with Gasteiger partial charge in [-0.3, -0.25) is 0 Å². The molecule has 0 radical (unpaired) electrons. The number of piperidine rings is 1. The van der Waals surface area contributed by atoms with Crippen LogP contribution < -0.4 is 0 Å². The van der Waals surface area contributed by atoms with Crippen LogP contribution in [0.1, 0.15) is 30.4 Å². The number of nitrogens with zero attached hydrogens (tertiary/aromatic N) is 1. The largest absolute Gasteiger partial charge is 0.416 e. The van der Waals surface area contributed by atoms with E-state index < -0.39 is 11.7 Å². The van der Waals surface area contributed by atoms with E-state index in [0.717, 1.165) is 60.3 Å². The monoisotopic (exact) mass is 372 g/mol. The lowest BCUT2D eigenvalue weighted by atomic mass is 10.0. The third-order valence-electron chi connectivity index (χ3n) is 5.44. The maximum Gasteiger partial charge on any atom is 0.416 e. The molecule has 0 bridgehead atoms. The zero-order chi connectivity index (χ0) is 18.9. The standard InChI is InChI=1S/C22H23F3N2/c23-22(24,25)17-10-8-16(9-11-17)21-19(12-15-27-13-4-1-5-14-27)18-6-2-3-7-20(18)26-21/h2-3,6-11,26H,1,4-5,12-15H2. The number of likely N-dealkylation sites (tertiary alicyclic amines) is 1. The van der Waals surface area contributed by atoms with Gasteiger partial charge in [0.05, 0.1) is 5.56 Å². The fraction of sp³-hybridized carbons (Fsp3) is 0.364. The van der Waals surface area contributed by atoms with E-state index >= 15 is 0 Å². The molecule has 1 N–H and O–H groups in total. The van der Waals surface area contributed by atoms with E-state index in [2.05, 4.69) is 16.0 Å². The average Bonchev–Trinajstić information content (AvgIpc) is 3.05. The number of alkyl halides is 3. The van der Waals surface area contributed by atoms with Gasteiger partial charge in [0.25, 0.3) is 0 Å². The second-order valence-electron chi connectivity index (χ2n) is 7.25. The molecule has 2 aromatic carbocycles. The Labute approximate surface area is 157 Å². The summed E-state index contributed by atoms with van der Waals surface area (Å²) < 4.78 is 38.6. The highest BCUT2D eigenvalue weighted by Crippen LogP contribution is 2.34. The van der Waals surface area contributed by atoms with Crippen molar-refractivity contribution in [1.82, 2.24) is 9.88 Å². The van der Waals surface area contributed by atoms with Crippen molar-refractivity contribution in [2.45, 2.75) is 31.9 Å². The van der Waals surface area contributed by atoms with E-state index in [4.69, 9.17) is 0 Å². The van der Waals surface area contributed by atoms with Gasteiger partial charge in [-0.15, -0.1) is 0 Å². The van der Waals surface area contributed by atoms with Gasteiger partial charge in [0.1, 0.15) is 0 Å². The van der Waals surface area contributed by atoms with Gasteiger partial charge < -0.3 is 9.88 Å². The number of benzene rings is 2. The number of aromatic nitrogens is 1. The fourth-order valence-corrected chi connectivity index (χ4v) is 3.98. The van der Waals surface area contributed by atoms with Crippen LogP contribution in [0.3, 0.4) is 0 Å². The Hall–Kier alpha value is -2.27. The molecule has 0 amide bonds. The molecule has 1 aliphatic rings. The summed E-state index contributed by atoms with van der Waals surface area (Å²) in [6.07, 6.45) is 0.385. The van der Waals surface area contributed by atoms with Crippen LogP contribution >= 0.6 is 0 Å². The minimum absolute atomic E-state index is 0.614. The van der Waals surface area contributed by atoms with Crippen LogP contribution in [-0.4, -0.2) is 29.5 Å². The summed E-state index contributed by atoms with van der Waals surface area (Å²) in [6, 6.07) is 13.6. The number of H-pyrrole nitrogens is 1. The highest BCUT2D eigenvalue weighted by Gasteiger charge is 2.30. The molecule has 5 heteroatoms. The van der Waals surface area contributed by atoms with Crippen molar-refractivity contribution >= 4 is 10.9 Å². The number of halogens is 3. The van der Waals surface area contributed by atoms with Gasteiger partial charge in [0.15, 0.2) is 0 Å². The number of hydrogen-bond donors (Lipinski definition) is 1. The molecule has 1 aliphatic heterocycles. The first-order chi connectivity index (χ1) is 13.0. The van der Waals surface area contributed by atoms with Crippen LogP contribution in [0.2, 0.25) is 0 Å². The third kappa shape index (κ3) is 3.88. The van der Waals surface area contributed by atoms with Gasteiger partial charge in [-0.25, -0.2) is 0 Å². The summed E-state index contributed by atoms with van der Waals surface area (Å²) in [6.45, 7) is 3.26. The second-order valence-corrected chi connectivity index (χ2v) is 7.25. The summed E-state index contributed by atoms with van der Waals surface area (Å²) in [5, 5.41) is 1.16. The number of hydrogen-bond acceptors (Lipinski definition) is 1. The summed E-state index contributed by atoms with van der Waals surface area (Å²) in [7, 11) is 0. The summed E-state index contributed by atoms with van der Waals surface area (Å²) in [5.41, 5.74) is 3.34. The minimum atomic E-state index is -4.31. The Morgan fingerprint density at radius 2 is 1.59 bits per heavy atom. The van der Waals surface area contributed by atoms with Crippen molar-refractivity contribution in [3.05, 3.63) is 59.7 Å². The van der Waals surface area contributed by atoms with E-state index in [1.54, 1.807) is 12.1 Å². The Bertz CT molecular complexity index is 903. The SMILES string of the molecule is FC(F)(F)c1ccc(-c2[nH]c3ccccc3c2CCN2CCCCC2)cc1. The maximum absolute atomic E-state index is 12.9. The van der Waals surface area contributed by atoms with E-state index in [0.29, 0.717) is 0 Å². The molecule has 0 unspecified atom stereocenters. The molecule has 0 aliphatic carbocycles. The molecular weight excluding hydrogens is 349 g/mol. The van der Waals surface area contributed by atoms with Crippen LogP contribution in [-0.2, 0) is 12.6 Å². The van der Waals surface area contributed by atoms with E-state index in [1.165, 1.54) is 24.8 Å². The number of para-hydroxylation sites is 1. The topological polar surface area (TPSA) is 19.0 Å². The van der Waals surface area contributed by atoms with E-state index in [-0.39, 0.29) is 0 Å². The van der Waals surface area contributed by atoms with Crippen molar-refractivity contribution in [1.29, 1.82) is 0 Å². The lowest BCUT2D eigenvalue weighted by Gasteiger charge is -2.26. The number of aromatic amines is 1. The van der Waals surface area contributed by atoms with Crippen LogP contribution in [0, 0.1) is 0 Å². The Morgan fingerprint density at radius 1 is 0.889 bits per heavy atom. The smallest absolute Gasteiger partial charge is 0.354 e. The molecule has 1 fully saturated rings. The maximum atomic E-state index is 12.9. The van der Waals surface area contributed by atoms with Crippen LogP contribution in [0.25, 0.3) is 22.2 Å². The molecule has 2 nitrogen and oxygen atoms in total. The number of fused-ring (bicyclic) bond motifs is 1. The van der Waals surface area contributed by atoms with Crippen molar-refractivity contribution in [2.24, 2.45) is 0 Å². The highest BCUT2D eigenvalue weighted by molar-refractivity contribution is 5.90. The van der Waals surface area contributed by atoms with Crippen molar-refractivity contribution < 1.29 is 13.2 Å². The molecule has 1 aromatic heterocycles. The Balaban J connectivity index is 1.67. The lowest BCUT2D eigenvalue weighted by Crippen LogP contribution is -2.31. The third-order valence-corrected chi connectivity index (χ3v) is 5.44. The predicted octanol–water partition coefficient (Wildman–Crippen LogP) is 5.88. The first kappa shape index (κ1) is 18.1. The first-order valence-electron chi connectivity index (χ1n) is 9.52. The van der Waals surface area contributed by atoms with Crippen LogP contribution in [0.4, 0.5) is 13.2 Å². The number of nitrogens with one attached hydrogen (secondary N) is 1. The van der Waals surface area contributed by atoms with Crippen molar-refractivity contribution in [3.63, 3.8) is 0 Å². The molecule has 0 spiro atoms. The van der Waals surface area contributed by atoms with E-state index in [1.807, 2.05) is 18.2 Å². The summed E-state index contributed by atoms with van der Waals surface area (Å²) in [4.78, 5) is 5.91. The Morgan fingerprint density at radius 3 is 2.30 bits per heavy atom. The normalized spacial score (nSPS) is 16.1. The molecule has 1 saturated heterocycles. The van der Waals surface area contributed by atoms with Gasteiger partial charge in [-0.2, -0.15) is 13.2 Å². The van der Waals surface area contributed by atoms with Gasteiger partial charge in [-0.05, 0) is 61.7 Å². The summed E-state index contributed by atoms with van der Waals surface area (Å²) >= 11 is 0. The quantitative estimate of drug-likeness (QED) is 0.606. The van der Waals surface area contributed by atoms with Gasteiger partial charge in [0, 0.05) is 23.1 Å². The molecule has 0 saturated carbocycles. The Kier molecular flexibility index (Phi) is 4.96. The highest BCUT2D eigenvalue weighted by atomic mass is 19.4. The second kappa shape index (κ2) is 7.39. The zero-order valence-electron chi connectivity index (χ0n) is 15.1. The van der Waals surface area contributed by atoms with Gasteiger partial charge >= 0.3 is 6.18 Å². The zero-order valence-corrected chi connectivity index (χ0v) is 15.1. The average molecular weight is 372 g/mol. The summed E-state index contributed by atoms with van der Waals surface area (Å²) in [5.74, 6) is 0. The van der Waals surface area contributed by atoms with Crippen LogP contribution in [0.5, 0.6) is 0 Å². The molecule has 27 heavy (non-hydrogen) atoms. The van der Waals surface area contributed by atoms with E-state index in [9.17, 15) is 13.2 Å². The molecule has 4 rings (SSSR count). The molecule has 0 atom stereocenters. The number of rotatable bonds is 4. The van der Waals surface area contributed by atoms with Crippen molar-refractivity contribution in [3.8, 4) is 11.3 Å². The first-order valence-corrected chi connectivity index (χ1v) is 9.52. The molecule has 3 aromatic rings. The molecule has 2 heterocycles. The molecule has 142 valence electrons. The van der Waals surface area contributed by atoms with Gasteiger partial charge in [0.2, 0.25) is 0 Å². The van der Waals surface area contributed by atoms with Crippen molar-refractivity contribution in [2.75, 3.05) is 19.6 Å².